The Kier molecular flexibility index (Phi) is 7.13. The van der Waals surface area contributed by atoms with Crippen LogP contribution in [-0.4, -0.2) is 65.3 Å². The minimum absolute atomic E-state index is 0.181. The average Bonchev–Trinajstić information content (AvgIpc) is 3.64. The Morgan fingerprint density at radius 2 is 1.88 bits per heavy atom. The molecule has 8 nitrogen and oxygen atoms in total. The van der Waals surface area contributed by atoms with Gasteiger partial charge in [0.15, 0.2) is 0 Å². The smallest absolute Gasteiger partial charge is 0.312 e. The van der Waals surface area contributed by atoms with Gasteiger partial charge >= 0.3 is 5.97 Å². The van der Waals surface area contributed by atoms with E-state index >= 15 is 0 Å². The lowest BCUT2D eigenvalue weighted by Gasteiger charge is -2.39. The minimum atomic E-state index is -1.21. The zero-order chi connectivity index (χ0) is 28.7. The zero-order valence-corrected chi connectivity index (χ0v) is 23.0. The van der Waals surface area contributed by atoms with Gasteiger partial charge in [0.2, 0.25) is 5.91 Å². The maximum absolute atomic E-state index is 14.8. The van der Waals surface area contributed by atoms with Gasteiger partial charge in [-0.3, -0.25) is 14.4 Å². The van der Waals surface area contributed by atoms with Crippen molar-refractivity contribution in [3.63, 3.8) is 0 Å². The number of esters is 1. The van der Waals surface area contributed by atoms with Crippen molar-refractivity contribution in [3.8, 4) is 0 Å². The van der Waals surface area contributed by atoms with Gasteiger partial charge in [0, 0.05) is 12.2 Å². The number of hydrogen-bond acceptors (Lipinski definition) is 6. The number of ether oxygens (including phenoxy) is 2. The number of likely N-dealkylation sites (tertiary alicyclic amines) is 1. The molecule has 3 aliphatic rings. The van der Waals surface area contributed by atoms with E-state index in [1.54, 1.807) is 17.9 Å². The average molecular weight is 555 g/mol. The van der Waals surface area contributed by atoms with E-state index in [1.807, 2.05) is 72.8 Å². The molecule has 0 saturated carbocycles. The fourth-order valence-corrected chi connectivity index (χ4v) is 7.19. The molecule has 3 heterocycles. The van der Waals surface area contributed by atoms with Crippen molar-refractivity contribution < 1.29 is 29.0 Å². The highest BCUT2D eigenvalue weighted by Crippen LogP contribution is 2.60. The molecule has 3 saturated heterocycles. The highest BCUT2D eigenvalue weighted by atomic mass is 16.6. The molecule has 2 bridgehead atoms. The van der Waals surface area contributed by atoms with Gasteiger partial charge in [0.1, 0.15) is 11.6 Å². The molecule has 6 atom stereocenters. The van der Waals surface area contributed by atoms with E-state index in [2.05, 4.69) is 6.58 Å². The van der Waals surface area contributed by atoms with E-state index in [0.717, 1.165) is 10.8 Å². The second kappa shape index (κ2) is 10.8. The number of anilines is 1. The third kappa shape index (κ3) is 4.24. The van der Waals surface area contributed by atoms with Gasteiger partial charge < -0.3 is 24.4 Å². The third-order valence-corrected chi connectivity index (χ3v) is 8.85. The van der Waals surface area contributed by atoms with E-state index < -0.39 is 48.2 Å². The van der Waals surface area contributed by atoms with Crippen LogP contribution < -0.4 is 4.90 Å². The van der Waals surface area contributed by atoms with Crippen molar-refractivity contribution in [2.75, 3.05) is 24.7 Å². The number of rotatable bonds is 9. The molecule has 0 aliphatic carbocycles. The highest BCUT2D eigenvalue weighted by molar-refractivity contribution is 6.05. The first-order valence-electron chi connectivity index (χ1n) is 14.2. The number of hydrogen-bond donors (Lipinski definition) is 1. The highest BCUT2D eigenvalue weighted by Gasteiger charge is 2.75. The van der Waals surface area contributed by atoms with Crippen LogP contribution in [0.5, 0.6) is 0 Å². The van der Waals surface area contributed by atoms with Crippen LogP contribution in [-0.2, 0) is 23.9 Å². The zero-order valence-electron chi connectivity index (χ0n) is 23.0. The van der Waals surface area contributed by atoms with Crippen LogP contribution in [0.15, 0.2) is 85.5 Å². The summed E-state index contributed by atoms with van der Waals surface area (Å²) in [5, 5.41) is 12.7. The number of aliphatic hydroxyl groups excluding tert-OH is 1. The predicted molar refractivity (Wildman–Crippen MR) is 154 cm³/mol. The maximum atomic E-state index is 14.8. The Labute approximate surface area is 239 Å². The van der Waals surface area contributed by atoms with Gasteiger partial charge in [-0.2, -0.15) is 0 Å². The van der Waals surface area contributed by atoms with Crippen molar-refractivity contribution in [1.82, 2.24) is 4.90 Å². The molecule has 0 radical (unpaired) electrons. The number of nitrogens with zero attached hydrogens (tertiary/aromatic N) is 2. The van der Waals surface area contributed by atoms with Crippen molar-refractivity contribution in [2.45, 2.75) is 43.6 Å². The predicted octanol–water partition coefficient (Wildman–Crippen LogP) is 4.03. The lowest BCUT2D eigenvalue weighted by atomic mass is 9.70. The van der Waals surface area contributed by atoms with Gasteiger partial charge in [-0.15, -0.1) is 6.58 Å². The fourth-order valence-electron chi connectivity index (χ4n) is 7.19. The lowest BCUT2D eigenvalue weighted by molar-refractivity contribution is -0.155. The van der Waals surface area contributed by atoms with Crippen LogP contribution >= 0.6 is 0 Å². The molecule has 212 valence electrons. The Morgan fingerprint density at radius 1 is 1.15 bits per heavy atom. The molecule has 2 unspecified atom stereocenters. The van der Waals surface area contributed by atoms with Crippen LogP contribution in [0.3, 0.4) is 0 Å². The van der Waals surface area contributed by atoms with Crippen molar-refractivity contribution in [2.24, 2.45) is 11.8 Å². The molecule has 3 aromatic carbocycles. The van der Waals surface area contributed by atoms with Crippen LogP contribution in [0.4, 0.5) is 5.69 Å². The number of aliphatic hydroxyl groups is 1. The van der Waals surface area contributed by atoms with Gasteiger partial charge in [-0.05, 0) is 48.2 Å². The normalized spacial score (nSPS) is 27.1. The summed E-state index contributed by atoms with van der Waals surface area (Å²) >= 11 is 0. The summed E-state index contributed by atoms with van der Waals surface area (Å²) in [5.74, 6) is -2.88. The second-order valence-electron chi connectivity index (χ2n) is 10.9. The molecule has 8 heteroatoms. The van der Waals surface area contributed by atoms with Crippen LogP contribution in [0.1, 0.15) is 31.4 Å². The molecular weight excluding hydrogens is 520 g/mol. The van der Waals surface area contributed by atoms with Gasteiger partial charge in [-0.1, -0.05) is 66.7 Å². The molecule has 6 rings (SSSR count). The first-order chi connectivity index (χ1) is 19.9. The molecule has 3 aliphatic heterocycles. The first kappa shape index (κ1) is 27.2. The summed E-state index contributed by atoms with van der Waals surface area (Å²) in [7, 11) is 0. The SMILES string of the molecule is C=CCN(C(=O)C1N([C@H](CO)c2ccccc2)C(=O)[C@@H]2[C@H](C(=O)OCC)[C@@H]3CCC12O3)c1ccc2ccccc2c1. The second-order valence-corrected chi connectivity index (χ2v) is 10.9. The van der Waals surface area contributed by atoms with E-state index in [-0.39, 0.29) is 25.0 Å². The Bertz CT molecular complexity index is 1490. The standard InChI is InChI=1S/C33H34N2O6/c1-3-18-34(24-15-14-21-10-8-9-13-23(21)19-24)31(38)29-33-17-16-26(41-33)27(32(39)40-4-2)28(33)30(37)35(29)25(20-36)22-11-6-5-7-12-22/h3,5-15,19,25-29,36H,1,4,16-18,20H2,2H3/t25-,26+,27-,28+,29?,33?/m1/s1. The summed E-state index contributed by atoms with van der Waals surface area (Å²) in [4.78, 5) is 45.5. The number of carbonyl (C=O) groups is 3. The molecule has 41 heavy (non-hydrogen) atoms. The summed E-state index contributed by atoms with van der Waals surface area (Å²) in [6.07, 6.45) is 2.14. The van der Waals surface area contributed by atoms with Crippen LogP contribution in [0.25, 0.3) is 10.8 Å². The van der Waals surface area contributed by atoms with Crippen LogP contribution in [0.2, 0.25) is 0 Å². The quantitative estimate of drug-likeness (QED) is 0.317. The summed E-state index contributed by atoms with van der Waals surface area (Å²) in [6.45, 7) is 5.61. The number of amides is 2. The monoisotopic (exact) mass is 554 g/mol. The summed E-state index contributed by atoms with van der Waals surface area (Å²) in [6, 6.07) is 21.0. The van der Waals surface area contributed by atoms with Gasteiger partial charge in [0.25, 0.3) is 5.91 Å². The molecule has 3 fully saturated rings. The Balaban J connectivity index is 1.48. The van der Waals surface area contributed by atoms with E-state index in [9.17, 15) is 19.5 Å². The van der Waals surface area contributed by atoms with E-state index in [4.69, 9.17) is 9.47 Å². The summed E-state index contributed by atoms with van der Waals surface area (Å²) < 4.78 is 11.9. The van der Waals surface area contributed by atoms with E-state index in [0.29, 0.717) is 24.1 Å². The Morgan fingerprint density at radius 3 is 2.59 bits per heavy atom. The number of fused-ring (bicyclic) bond motifs is 2. The topological polar surface area (TPSA) is 96.4 Å². The first-order valence-corrected chi connectivity index (χ1v) is 14.2. The van der Waals surface area contributed by atoms with Crippen molar-refractivity contribution >= 4 is 34.2 Å². The molecule has 1 spiro atoms. The van der Waals surface area contributed by atoms with Crippen molar-refractivity contribution in [1.29, 1.82) is 0 Å². The fraction of sp³-hybridized carbons (Fsp3) is 0.364. The third-order valence-electron chi connectivity index (χ3n) is 8.85. The molecule has 2 amide bonds. The number of carbonyl (C=O) groups excluding carboxylic acids is 3. The molecule has 0 aromatic heterocycles. The van der Waals surface area contributed by atoms with E-state index in [1.165, 1.54) is 4.90 Å². The number of benzene rings is 3. The molecular formula is C33H34N2O6. The Hall–Kier alpha value is -4.01. The summed E-state index contributed by atoms with van der Waals surface area (Å²) in [5.41, 5.74) is 0.144. The maximum Gasteiger partial charge on any atom is 0.312 e. The van der Waals surface area contributed by atoms with Crippen LogP contribution in [0, 0.1) is 11.8 Å². The molecule has 3 aromatic rings. The largest absolute Gasteiger partial charge is 0.466 e. The van der Waals surface area contributed by atoms with Gasteiger partial charge in [-0.25, -0.2) is 0 Å². The lowest BCUT2D eigenvalue weighted by Crippen LogP contribution is -2.57. The van der Waals surface area contributed by atoms with Crippen molar-refractivity contribution in [3.05, 3.63) is 91.0 Å². The molecule has 1 N–H and O–H groups in total. The minimum Gasteiger partial charge on any atom is -0.466 e. The van der Waals surface area contributed by atoms with Gasteiger partial charge in [0.05, 0.1) is 37.2 Å².